The van der Waals surface area contributed by atoms with E-state index in [9.17, 15) is 9.59 Å². The number of halogens is 1. The second-order valence-corrected chi connectivity index (χ2v) is 6.67. The van der Waals surface area contributed by atoms with Gasteiger partial charge in [0.2, 0.25) is 11.8 Å². The van der Waals surface area contributed by atoms with Crippen LogP contribution >= 0.6 is 23.4 Å². The topological polar surface area (TPSA) is 67.4 Å². The van der Waals surface area contributed by atoms with Crippen molar-refractivity contribution in [1.29, 1.82) is 0 Å². The van der Waals surface area contributed by atoms with E-state index in [1.807, 2.05) is 25.1 Å². The van der Waals surface area contributed by atoms with Gasteiger partial charge in [0.15, 0.2) is 0 Å². The molecule has 0 unspecified atom stereocenters. The number of para-hydroxylation sites is 2. The smallest absolute Gasteiger partial charge is 0.234 e. The molecule has 2 N–H and O–H groups in total. The number of hydrogen-bond donors (Lipinski definition) is 2. The van der Waals surface area contributed by atoms with Crippen LogP contribution in [0.5, 0.6) is 5.75 Å². The highest BCUT2D eigenvalue weighted by molar-refractivity contribution is 8.00. The fourth-order valence-electron chi connectivity index (χ4n) is 2.09. The van der Waals surface area contributed by atoms with Crippen molar-refractivity contribution in [2.45, 2.75) is 6.92 Å². The number of hydrogen-bond acceptors (Lipinski definition) is 4. The lowest BCUT2D eigenvalue weighted by molar-refractivity contribution is -0.114. The quantitative estimate of drug-likeness (QED) is 0.765. The van der Waals surface area contributed by atoms with Gasteiger partial charge in [0.05, 0.1) is 24.3 Å². The maximum absolute atomic E-state index is 12.0. The summed E-state index contributed by atoms with van der Waals surface area (Å²) in [4.78, 5) is 24.0. The Morgan fingerprint density at radius 2 is 1.68 bits per heavy atom. The molecule has 0 saturated heterocycles. The van der Waals surface area contributed by atoms with E-state index in [1.165, 1.54) is 11.8 Å². The molecule has 0 aliphatic carbocycles. The van der Waals surface area contributed by atoms with Crippen molar-refractivity contribution in [2.75, 3.05) is 29.2 Å². The van der Waals surface area contributed by atoms with Crippen molar-refractivity contribution in [2.24, 2.45) is 0 Å². The Hall–Kier alpha value is -2.18. The molecule has 5 nitrogen and oxygen atoms in total. The predicted octanol–water partition coefficient (Wildman–Crippen LogP) is 3.97. The highest BCUT2D eigenvalue weighted by Gasteiger charge is 2.10. The van der Waals surface area contributed by atoms with Gasteiger partial charge < -0.3 is 15.4 Å². The SMILES string of the molecule is COc1ccccc1NC(=O)CSCC(=O)Nc1cc(Cl)ccc1C. The van der Waals surface area contributed by atoms with Gasteiger partial charge in [-0.1, -0.05) is 29.8 Å². The van der Waals surface area contributed by atoms with Crippen molar-refractivity contribution in [3.63, 3.8) is 0 Å². The van der Waals surface area contributed by atoms with Gasteiger partial charge in [-0.05, 0) is 36.8 Å². The normalized spacial score (nSPS) is 10.2. The summed E-state index contributed by atoms with van der Waals surface area (Å²) in [6.45, 7) is 1.89. The molecule has 0 fully saturated rings. The molecule has 0 aliphatic heterocycles. The molecule has 0 heterocycles. The molecule has 0 bridgehead atoms. The number of benzene rings is 2. The molecule has 0 aromatic heterocycles. The number of nitrogens with one attached hydrogen (secondary N) is 2. The van der Waals surface area contributed by atoms with Gasteiger partial charge in [0.25, 0.3) is 0 Å². The lowest BCUT2D eigenvalue weighted by atomic mass is 10.2. The van der Waals surface area contributed by atoms with Crippen LogP contribution in [0.1, 0.15) is 5.56 Å². The molecule has 0 atom stereocenters. The standard InChI is InChI=1S/C18H19ClN2O3S/c1-12-7-8-13(19)9-15(12)21-18(23)11-25-10-17(22)20-14-5-3-4-6-16(14)24-2/h3-9H,10-11H2,1-2H3,(H,20,22)(H,21,23). The first kappa shape index (κ1) is 19.1. The third-order valence-electron chi connectivity index (χ3n) is 3.32. The van der Waals surface area contributed by atoms with Gasteiger partial charge in [-0.2, -0.15) is 0 Å². The van der Waals surface area contributed by atoms with Gasteiger partial charge in [-0.15, -0.1) is 11.8 Å². The highest BCUT2D eigenvalue weighted by Crippen LogP contribution is 2.23. The van der Waals surface area contributed by atoms with E-state index in [1.54, 1.807) is 31.4 Å². The minimum absolute atomic E-state index is 0.167. The van der Waals surface area contributed by atoms with E-state index in [4.69, 9.17) is 16.3 Å². The average Bonchev–Trinajstić information content (AvgIpc) is 2.58. The minimum Gasteiger partial charge on any atom is -0.495 e. The Labute approximate surface area is 156 Å². The molecule has 0 aliphatic rings. The van der Waals surface area contributed by atoms with Crippen molar-refractivity contribution in [3.05, 3.63) is 53.1 Å². The lowest BCUT2D eigenvalue weighted by Crippen LogP contribution is -2.19. The van der Waals surface area contributed by atoms with Gasteiger partial charge in [0, 0.05) is 10.7 Å². The van der Waals surface area contributed by atoms with Crippen LogP contribution < -0.4 is 15.4 Å². The Kier molecular flexibility index (Phi) is 7.16. The van der Waals surface area contributed by atoms with Crippen LogP contribution in [0.25, 0.3) is 0 Å². The number of anilines is 2. The number of rotatable bonds is 7. The first-order valence-corrected chi connectivity index (χ1v) is 9.09. The summed E-state index contributed by atoms with van der Waals surface area (Å²) in [6.07, 6.45) is 0. The van der Waals surface area contributed by atoms with Crippen molar-refractivity contribution >= 4 is 46.6 Å². The average molecular weight is 379 g/mol. The summed E-state index contributed by atoms with van der Waals surface area (Å²) in [5, 5.41) is 6.12. The third kappa shape index (κ3) is 5.99. The molecule has 2 aromatic rings. The van der Waals surface area contributed by atoms with Crippen LogP contribution in [-0.2, 0) is 9.59 Å². The molecule has 0 saturated carbocycles. The number of ether oxygens (including phenoxy) is 1. The largest absolute Gasteiger partial charge is 0.495 e. The Balaban J connectivity index is 1.79. The van der Waals surface area contributed by atoms with Crippen LogP contribution in [0.2, 0.25) is 5.02 Å². The Bertz CT molecular complexity index is 768. The van der Waals surface area contributed by atoms with Gasteiger partial charge >= 0.3 is 0 Å². The summed E-state index contributed by atoms with van der Waals surface area (Å²) in [6, 6.07) is 12.5. The van der Waals surface area contributed by atoms with Gasteiger partial charge in [0.1, 0.15) is 5.75 Å². The summed E-state index contributed by atoms with van der Waals surface area (Å²) < 4.78 is 5.18. The summed E-state index contributed by atoms with van der Waals surface area (Å²) in [5.74, 6) is 0.558. The fraction of sp³-hybridized carbons (Fsp3) is 0.222. The van der Waals surface area contributed by atoms with E-state index < -0.39 is 0 Å². The molecule has 2 aromatic carbocycles. The second-order valence-electron chi connectivity index (χ2n) is 5.25. The summed E-state index contributed by atoms with van der Waals surface area (Å²) in [5.41, 5.74) is 2.21. The van der Waals surface area contributed by atoms with E-state index >= 15 is 0 Å². The number of methoxy groups -OCH3 is 1. The van der Waals surface area contributed by atoms with E-state index in [2.05, 4.69) is 10.6 Å². The maximum atomic E-state index is 12.0. The first-order valence-electron chi connectivity index (χ1n) is 7.56. The maximum Gasteiger partial charge on any atom is 0.234 e. The zero-order valence-corrected chi connectivity index (χ0v) is 15.5. The number of carbonyl (C=O) groups excluding carboxylic acids is 2. The number of aryl methyl sites for hydroxylation is 1. The molecular weight excluding hydrogens is 360 g/mol. The first-order chi connectivity index (χ1) is 12.0. The Morgan fingerprint density at radius 3 is 2.36 bits per heavy atom. The molecule has 0 spiro atoms. The van der Waals surface area contributed by atoms with E-state index in [-0.39, 0.29) is 23.3 Å². The summed E-state index contributed by atoms with van der Waals surface area (Å²) in [7, 11) is 1.54. The Morgan fingerprint density at radius 1 is 1.04 bits per heavy atom. The van der Waals surface area contributed by atoms with Crippen molar-refractivity contribution in [1.82, 2.24) is 0 Å². The van der Waals surface area contributed by atoms with Crippen LogP contribution in [-0.4, -0.2) is 30.4 Å². The predicted molar refractivity (Wildman–Crippen MR) is 104 cm³/mol. The van der Waals surface area contributed by atoms with Crippen LogP contribution in [0.4, 0.5) is 11.4 Å². The van der Waals surface area contributed by atoms with E-state index in [0.717, 1.165) is 5.56 Å². The molecular formula is C18H19ClN2O3S. The molecule has 132 valence electrons. The second kappa shape index (κ2) is 9.34. The zero-order chi connectivity index (χ0) is 18.2. The number of carbonyl (C=O) groups is 2. The van der Waals surface area contributed by atoms with Crippen molar-refractivity contribution < 1.29 is 14.3 Å². The van der Waals surface area contributed by atoms with Crippen LogP contribution in [0.3, 0.4) is 0 Å². The van der Waals surface area contributed by atoms with Crippen molar-refractivity contribution in [3.8, 4) is 5.75 Å². The minimum atomic E-state index is -0.193. The third-order valence-corrected chi connectivity index (χ3v) is 4.49. The van der Waals surface area contributed by atoms with Crippen LogP contribution in [0.15, 0.2) is 42.5 Å². The van der Waals surface area contributed by atoms with Gasteiger partial charge in [-0.3, -0.25) is 9.59 Å². The van der Waals surface area contributed by atoms with Crippen LogP contribution in [0, 0.1) is 6.92 Å². The molecule has 2 rings (SSSR count). The fourth-order valence-corrected chi connectivity index (χ4v) is 2.88. The lowest BCUT2D eigenvalue weighted by Gasteiger charge is -2.10. The number of amides is 2. The summed E-state index contributed by atoms with van der Waals surface area (Å²) >= 11 is 7.16. The number of thioether (sulfide) groups is 1. The molecule has 7 heteroatoms. The molecule has 2 amide bonds. The van der Waals surface area contributed by atoms with Gasteiger partial charge in [-0.25, -0.2) is 0 Å². The van der Waals surface area contributed by atoms with E-state index in [0.29, 0.717) is 22.1 Å². The zero-order valence-electron chi connectivity index (χ0n) is 14.0. The highest BCUT2D eigenvalue weighted by atomic mass is 35.5. The molecule has 25 heavy (non-hydrogen) atoms. The molecule has 0 radical (unpaired) electrons. The monoisotopic (exact) mass is 378 g/mol.